The Bertz CT molecular complexity index is 344. The molecule has 0 spiro atoms. The Balaban J connectivity index is 5.43. The van der Waals surface area contributed by atoms with Gasteiger partial charge in [-0.1, -0.05) is 39.5 Å². The van der Waals surface area contributed by atoms with Crippen LogP contribution in [0.1, 0.15) is 101 Å². The highest BCUT2D eigenvalue weighted by Crippen LogP contribution is 2.32. The molecule has 0 aliphatic heterocycles. The lowest BCUT2D eigenvalue weighted by Gasteiger charge is -2.37. The molecule has 0 unspecified atom stereocenters. The largest absolute Gasteiger partial charge is 0.392 e. The second-order valence-corrected chi connectivity index (χ2v) is 16.1. The molecule has 29 heavy (non-hydrogen) atoms. The molecule has 4 nitrogen and oxygen atoms in total. The van der Waals surface area contributed by atoms with Crippen LogP contribution in [0, 0.1) is 0 Å². The molecule has 0 rings (SSSR count). The lowest BCUT2D eigenvalue weighted by atomic mass is 10.4. The van der Waals surface area contributed by atoms with Crippen molar-refractivity contribution >= 4 is 17.1 Å². The van der Waals surface area contributed by atoms with Gasteiger partial charge in [-0.05, 0) is 86.0 Å². The van der Waals surface area contributed by atoms with E-state index in [0.29, 0.717) is 0 Å². The van der Waals surface area contributed by atoms with Crippen molar-refractivity contribution in [3.8, 4) is 0 Å². The number of hydrogen-bond acceptors (Lipinski definition) is 4. The minimum Gasteiger partial charge on any atom is -0.392 e. The first-order chi connectivity index (χ1) is 13.5. The maximum absolute atomic E-state index is 6.56. The fourth-order valence-corrected chi connectivity index (χ4v) is 12.6. The van der Waals surface area contributed by atoms with Gasteiger partial charge in [0.1, 0.15) is 0 Å². The van der Waals surface area contributed by atoms with Crippen molar-refractivity contribution in [2.24, 2.45) is 0 Å². The Morgan fingerprint density at radius 2 is 0.690 bits per heavy atom. The van der Waals surface area contributed by atoms with E-state index in [1.54, 1.807) is 0 Å². The molecular weight excluding hydrogens is 396 g/mol. The van der Waals surface area contributed by atoms with Gasteiger partial charge in [0.2, 0.25) is 0 Å². The molecule has 0 aliphatic carbocycles. The number of hydrogen-bond donors (Lipinski definition) is 0. The van der Waals surface area contributed by atoms with E-state index in [1.807, 2.05) is 0 Å². The Morgan fingerprint density at radius 3 is 0.897 bits per heavy atom. The molecule has 0 saturated heterocycles. The van der Waals surface area contributed by atoms with Crippen LogP contribution in [0.25, 0.3) is 0 Å². The molecular formula is C23H52O4Si2. The summed E-state index contributed by atoms with van der Waals surface area (Å²) in [5.74, 6) is 0. The van der Waals surface area contributed by atoms with Gasteiger partial charge in [0, 0.05) is 24.4 Å². The van der Waals surface area contributed by atoms with Crippen molar-refractivity contribution in [3.63, 3.8) is 0 Å². The molecule has 0 N–H and O–H groups in total. The van der Waals surface area contributed by atoms with Crippen LogP contribution in [0.15, 0.2) is 0 Å². The second kappa shape index (κ2) is 15.1. The molecule has 0 amide bonds. The highest BCUT2D eigenvalue weighted by atomic mass is 28.4. The molecule has 0 aromatic heterocycles. The molecule has 0 bridgehead atoms. The van der Waals surface area contributed by atoms with Crippen molar-refractivity contribution in [2.75, 3.05) is 0 Å². The Kier molecular flexibility index (Phi) is 15.3. The van der Waals surface area contributed by atoms with E-state index in [0.717, 1.165) is 30.6 Å². The summed E-state index contributed by atoms with van der Waals surface area (Å²) in [7, 11) is -4.48. The zero-order valence-electron chi connectivity index (χ0n) is 21.3. The second-order valence-electron chi connectivity index (χ2n) is 9.55. The van der Waals surface area contributed by atoms with Crippen molar-refractivity contribution in [1.29, 1.82) is 0 Å². The standard InChI is InChI=1S/C23H52O4Si2/c1-11-13-16-28(24-20(3)4,25-21(5)6)18-15-19-29(17-14-12-2,26-22(7)8)27-23(9)10/h20-23H,11-19H2,1-10H3. The average Bonchev–Trinajstić information content (AvgIpc) is 2.55. The first-order valence-corrected chi connectivity index (χ1v) is 16.7. The summed E-state index contributed by atoms with van der Waals surface area (Å²) in [5.41, 5.74) is 0. The summed E-state index contributed by atoms with van der Waals surface area (Å²) in [6, 6.07) is 4.24. The smallest absolute Gasteiger partial charge is 0.338 e. The van der Waals surface area contributed by atoms with Gasteiger partial charge >= 0.3 is 17.1 Å². The van der Waals surface area contributed by atoms with Crippen LogP contribution >= 0.6 is 0 Å². The van der Waals surface area contributed by atoms with Crippen LogP contribution in [0.2, 0.25) is 24.2 Å². The Morgan fingerprint density at radius 1 is 0.448 bits per heavy atom. The predicted octanol–water partition coefficient (Wildman–Crippen LogP) is 7.56. The number of rotatable bonds is 18. The molecule has 0 heterocycles. The van der Waals surface area contributed by atoms with Gasteiger partial charge in [-0.3, -0.25) is 0 Å². The lowest BCUT2D eigenvalue weighted by Crippen LogP contribution is -2.48. The highest BCUT2D eigenvalue weighted by molar-refractivity contribution is 6.69. The van der Waals surface area contributed by atoms with Crippen LogP contribution < -0.4 is 0 Å². The molecule has 0 aromatic carbocycles. The van der Waals surface area contributed by atoms with E-state index in [9.17, 15) is 0 Å². The molecule has 0 atom stereocenters. The Hall–Kier alpha value is 0.274. The van der Waals surface area contributed by atoms with Crippen molar-refractivity contribution < 1.29 is 17.7 Å². The van der Waals surface area contributed by atoms with Crippen molar-refractivity contribution in [1.82, 2.24) is 0 Å². The monoisotopic (exact) mass is 448 g/mol. The van der Waals surface area contributed by atoms with Gasteiger partial charge in [0.15, 0.2) is 0 Å². The maximum atomic E-state index is 6.56. The number of unbranched alkanes of at least 4 members (excludes halogenated alkanes) is 2. The van der Waals surface area contributed by atoms with Crippen molar-refractivity contribution in [3.05, 3.63) is 0 Å². The van der Waals surface area contributed by atoms with E-state index in [2.05, 4.69) is 69.2 Å². The van der Waals surface area contributed by atoms with E-state index < -0.39 is 17.1 Å². The van der Waals surface area contributed by atoms with Gasteiger partial charge in [-0.2, -0.15) is 0 Å². The SMILES string of the molecule is CCCC[Si](CCC[Si](CCCC)(OC(C)C)OC(C)C)(OC(C)C)OC(C)C. The van der Waals surface area contributed by atoms with Crippen LogP contribution in [0.5, 0.6) is 0 Å². The molecule has 0 saturated carbocycles. The first-order valence-electron chi connectivity index (χ1n) is 12.2. The van der Waals surface area contributed by atoms with E-state index in [4.69, 9.17) is 17.7 Å². The van der Waals surface area contributed by atoms with Crippen LogP contribution in [-0.2, 0) is 17.7 Å². The molecule has 0 aliphatic rings. The van der Waals surface area contributed by atoms with Gasteiger partial charge in [0.25, 0.3) is 0 Å². The summed E-state index contributed by atoms with van der Waals surface area (Å²) in [4.78, 5) is 0. The fourth-order valence-electron chi connectivity index (χ4n) is 4.01. The van der Waals surface area contributed by atoms with E-state index in [-0.39, 0.29) is 24.4 Å². The fraction of sp³-hybridized carbons (Fsp3) is 1.00. The van der Waals surface area contributed by atoms with Crippen LogP contribution in [-0.4, -0.2) is 41.5 Å². The molecule has 6 heteroatoms. The summed E-state index contributed by atoms with van der Waals surface area (Å²) in [6.45, 7) is 21.6. The van der Waals surface area contributed by atoms with Gasteiger partial charge in [-0.15, -0.1) is 0 Å². The van der Waals surface area contributed by atoms with Crippen molar-refractivity contribution in [2.45, 2.75) is 150 Å². The third-order valence-corrected chi connectivity index (χ3v) is 12.8. The van der Waals surface area contributed by atoms with Crippen LogP contribution in [0.3, 0.4) is 0 Å². The zero-order valence-corrected chi connectivity index (χ0v) is 23.3. The Labute approximate surface area is 184 Å². The molecule has 176 valence electrons. The highest BCUT2D eigenvalue weighted by Gasteiger charge is 2.43. The normalized spacial score (nSPS) is 13.4. The first kappa shape index (κ1) is 29.3. The van der Waals surface area contributed by atoms with E-state index >= 15 is 0 Å². The minimum atomic E-state index is -2.24. The third kappa shape index (κ3) is 13.3. The van der Waals surface area contributed by atoms with Gasteiger partial charge in [0.05, 0.1) is 0 Å². The zero-order chi connectivity index (χ0) is 22.5. The average molecular weight is 449 g/mol. The minimum absolute atomic E-state index is 0.207. The van der Waals surface area contributed by atoms with Gasteiger partial charge in [-0.25, -0.2) is 0 Å². The summed E-state index contributed by atoms with van der Waals surface area (Å²) < 4.78 is 26.2. The summed E-state index contributed by atoms with van der Waals surface area (Å²) in [6.07, 6.45) is 6.61. The topological polar surface area (TPSA) is 36.9 Å². The third-order valence-electron chi connectivity index (χ3n) is 4.74. The molecule has 0 fully saturated rings. The summed E-state index contributed by atoms with van der Waals surface area (Å²) in [5, 5.41) is 0. The maximum Gasteiger partial charge on any atom is 0.338 e. The van der Waals surface area contributed by atoms with Crippen LogP contribution in [0.4, 0.5) is 0 Å². The molecule has 0 aromatic rings. The lowest BCUT2D eigenvalue weighted by molar-refractivity contribution is 0.0990. The summed E-state index contributed by atoms with van der Waals surface area (Å²) >= 11 is 0. The predicted molar refractivity (Wildman–Crippen MR) is 130 cm³/mol. The van der Waals surface area contributed by atoms with Gasteiger partial charge < -0.3 is 17.7 Å². The quantitative estimate of drug-likeness (QED) is 0.203. The van der Waals surface area contributed by atoms with E-state index in [1.165, 1.54) is 25.7 Å². The molecule has 0 radical (unpaired) electrons.